The van der Waals surface area contributed by atoms with Gasteiger partial charge in [-0.2, -0.15) is 10.4 Å². The van der Waals surface area contributed by atoms with Gasteiger partial charge in [-0.25, -0.2) is 9.97 Å². The van der Waals surface area contributed by atoms with Gasteiger partial charge in [0.05, 0.1) is 23.3 Å². The Hall–Kier alpha value is -4.29. The number of carbonyl (C=O) groups is 1. The molecule has 4 heterocycles. The Bertz CT molecular complexity index is 1450. The van der Waals surface area contributed by atoms with E-state index in [0.717, 1.165) is 41.1 Å². The second-order valence-electron chi connectivity index (χ2n) is 8.85. The van der Waals surface area contributed by atoms with Crippen LogP contribution < -0.4 is 10.2 Å². The maximum atomic E-state index is 12.8. The van der Waals surface area contributed by atoms with Gasteiger partial charge >= 0.3 is 0 Å². The third kappa shape index (κ3) is 4.56. The van der Waals surface area contributed by atoms with Crippen molar-refractivity contribution in [2.45, 2.75) is 33.0 Å². The summed E-state index contributed by atoms with van der Waals surface area (Å²) < 4.78 is 5.85. The number of hydrogen-bond donors (Lipinski definition) is 2. The Balaban J connectivity index is 1.43. The van der Waals surface area contributed by atoms with Crippen molar-refractivity contribution >= 4 is 28.3 Å². The van der Waals surface area contributed by atoms with Gasteiger partial charge in [0.25, 0.3) is 5.91 Å². The number of anilines is 2. The molecular formula is C26H25N7O2. The van der Waals surface area contributed by atoms with Crippen LogP contribution in [0.1, 0.15) is 35.5 Å². The molecule has 1 fully saturated rings. The molecule has 1 aromatic carbocycles. The van der Waals surface area contributed by atoms with Crippen LogP contribution in [0.4, 0.5) is 11.5 Å². The zero-order valence-electron chi connectivity index (χ0n) is 19.7. The fraction of sp³-hybridized carbons (Fsp3) is 0.269. The molecule has 1 aliphatic rings. The van der Waals surface area contributed by atoms with Crippen molar-refractivity contribution in [1.82, 2.24) is 20.2 Å². The molecule has 2 N–H and O–H groups in total. The average Bonchev–Trinajstić information content (AvgIpc) is 3.26. The van der Waals surface area contributed by atoms with E-state index in [4.69, 9.17) is 10.00 Å². The van der Waals surface area contributed by atoms with Crippen molar-refractivity contribution in [1.29, 1.82) is 5.26 Å². The number of hydrogen-bond acceptors (Lipinski definition) is 7. The summed E-state index contributed by atoms with van der Waals surface area (Å²) in [4.78, 5) is 23.8. The molecule has 4 aromatic rings. The molecule has 176 valence electrons. The van der Waals surface area contributed by atoms with Gasteiger partial charge in [0, 0.05) is 42.1 Å². The summed E-state index contributed by atoms with van der Waals surface area (Å²) in [6.07, 6.45) is 3.46. The molecule has 0 unspecified atom stereocenters. The number of morpholine rings is 1. The number of nitriles is 1. The summed E-state index contributed by atoms with van der Waals surface area (Å²) in [7, 11) is 0. The van der Waals surface area contributed by atoms with Crippen LogP contribution in [-0.2, 0) is 4.74 Å². The predicted octanol–water partition coefficient (Wildman–Crippen LogP) is 4.07. The summed E-state index contributed by atoms with van der Waals surface area (Å²) in [5.41, 5.74) is 4.54. The summed E-state index contributed by atoms with van der Waals surface area (Å²) in [5.74, 6) is 0.547. The molecule has 3 aromatic heterocycles. The number of benzene rings is 1. The Kier molecular flexibility index (Phi) is 5.89. The Morgan fingerprint density at radius 2 is 1.97 bits per heavy atom. The van der Waals surface area contributed by atoms with Gasteiger partial charge in [0.2, 0.25) is 0 Å². The van der Waals surface area contributed by atoms with E-state index in [1.165, 1.54) is 6.20 Å². The Morgan fingerprint density at radius 3 is 2.71 bits per heavy atom. The van der Waals surface area contributed by atoms with E-state index in [2.05, 4.69) is 44.2 Å². The summed E-state index contributed by atoms with van der Waals surface area (Å²) in [6, 6.07) is 13.2. The van der Waals surface area contributed by atoms with Crippen molar-refractivity contribution < 1.29 is 9.53 Å². The standard InChI is InChI=1S/C26H25N7O2/c1-15-8-18(11-27)12-29-24(15)26(34)30-20-4-5-22-21(10-20)25(32-31-22)19-6-7-28-23(9-19)33-13-16(2)35-17(3)14-33/h4-10,12,16-17H,13-14H2,1-3H3,(H,30,34)(H,31,32)/t16-,17-/m0/s1. The van der Waals surface area contributed by atoms with Crippen LogP contribution in [0.15, 0.2) is 48.8 Å². The molecule has 9 nitrogen and oxygen atoms in total. The lowest BCUT2D eigenvalue weighted by molar-refractivity contribution is -0.00545. The number of nitrogens with zero attached hydrogens (tertiary/aromatic N) is 5. The van der Waals surface area contributed by atoms with Crippen LogP contribution in [0.5, 0.6) is 0 Å². The minimum atomic E-state index is -0.335. The molecule has 5 rings (SSSR count). The van der Waals surface area contributed by atoms with Crippen molar-refractivity contribution in [3.63, 3.8) is 0 Å². The van der Waals surface area contributed by atoms with Crippen molar-refractivity contribution in [3.05, 3.63) is 65.6 Å². The van der Waals surface area contributed by atoms with Crippen LogP contribution in [0.25, 0.3) is 22.2 Å². The number of nitrogens with one attached hydrogen (secondary N) is 2. The monoisotopic (exact) mass is 467 g/mol. The molecule has 9 heteroatoms. The maximum Gasteiger partial charge on any atom is 0.274 e. The lowest BCUT2D eigenvalue weighted by Gasteiger charge is -2.36. The Labute approximate surface area is 202 Å². The summed E-state index contributed by atoms with van der Waals surface area (Å²) >= 11 is 0. The zero-order valence-corrected chi connectivity index (χ0v) is 19.7. The van der Waals surface area contributed by atoms with Gasteiger partial charge in [0.1, 0.15) is 23.3 Å². The largest absolute Gasteiger partial charge is 0.372 e. The van der Waals surface area contributed by atoms with Crippen LogP contribution in [-0.4, -0.2) is 51.4 Å². The first-order valence-corrected chi connectivity index (χ1v) is 11.4. The van der Waals surface area contributed by atoms with Crippen molar-refractivity contribution in [3.8, 4) is 17.3 Å². The van der Waals surface area contributed by atoms with E-state index in [1.54, 1.807) is 19.2 Å². The zero-order chi connectivity index (χ0) is 24.5. The van der Waals surface area contributed by atoms with E-state index in [-0.39, 0.29) is 23.8 Å². The lowest BCUT2D eigenvalue weighted by Crippen LogP contribution is -2.45. The molecule has 0 aliphatic carbocycles. The second-order valence-corrected chi connectivity index (χ2v) is 8.85. The molecule has 1 amide bonds. The Morgan fingerprint density at radius 1 is 1.17 bits per heavy atom. The molecule has 1 aliphatic heterocycles. The molecule has 35 heavy (non-hydrogen) atoms. The highest BCUT2D eigenvalue weighted by molar-refractivity contribution is 6.05. The normalized spacial score (nSPS) is 17.8. The van der Waals surface area contributed by atoms with Crippen LogP contribution >= 0.6 is 0 Å². The van der Waals surface area contributed by atoms with E-state index in [0.29, 0.717) is 16.8 Å². The van der Waals surface area contributed by atoms with Gasteiger partial charge in [0.15, 0.2) is 0 Å². The first kappa shape index (κ1) is 22.5. The summed E-state index contributed by atoms with van der Waals surface area (Å²) in [5, 5.41) is 20.4. The second kappa shape index (κ2) is 9.16. The third-order valence-corrected chi connectivity index (χ3v) is 6.01. The molecular weight excluding hydrogens is 442 g/mol. The smallest absolute Gasteiger partial charge is 0.274 e. The van der Waals surface area contributed by atoms with E-state index < -0.39 is 0 Å². The number of ether oxygens (including phenoxy) is 1. The molecule has 1 saturated heterocycles. The lowest BCUT2D eigenvalue weighted by atomic mass is 10.1. The number of carbonyl (C=O) groups excluding carboxylic acids is 1. The van der Waals surface area contributed by atoms with E-state index >= 15 is 0 Å². The highest BCUT2D eigenvalue weighted by Gasteiger charge is 2.23. The van der Waals surface area contributed by atoms with Crippen LogP contribution in [0.2, 0.25) is 0 Å². The van der Waals surface area contributed by atoms with Crippen LogP contribution in [0.3, 0.4) is 0 Å². The summed E-state index contributed by atoms with van der Waals surface area (Å²) in [6.45, 7) is 7.45. The van der Waals surface area contributed by atoms with Crippen molar-refractivity contribution in [2.75, 3.05) is 23.3 Å². The van der Waals surface area contributed by atoms with Crippen molar-refractivity contribution in [2.24, 2.45) is 0 Å². The predicted molar refractivity (Wildman–Crippen MR) is 133 cm³/mol. The van der Waals surface area contributed by atoms with Gasteiger partial charge in [-0.05, 0) is 62.7 Å². The minimum Gasteiger partial charge on any atom is -0.372 e. The van der Waals surface area contributed by atoms with Gasteiger partial charge in [-0.1, -0.05) is 0 Å². The third-order valence-electron chi connectivity index (χ3n) is 6.01. The number of fused-ring (bicyclic) bond motifs is 1. The highest BCUT2D eigenvalue weighted by Crippen LogP contribution is 2.31. The molecule has 0 bridgehead atoms. The van der Waals surface area contributed by atoms with Crippen LogP contribution in [0, 0.1) is 18.3 Å². The molecule has 0 radical (unpaired) electrons. The maximum absolute atomic E-state index is 12.8. The highest BCUT2D eigenvalue weighted by atomic mass is 16.5. The van der Waals surface area contributed by atoms with E-state index in [9.17, 15) is 4.79 Å². The number of aryl methyl sites for hydroxylation is 1. The quantitative estimate of drug-likeness (QED) is 0.464. The molecule has 0 spiro atoms. The number of amides is 1. The van der Waals surface area contributed by atoms with E-state index in [1.807, 2.05) is 36.4 Å². The fourth-order valence-corrected chi connectivity index (χ4v) is 4.48. The minimum absolute atomic E-state index is 0.135. The molecule has 0 saturated carbocycles. The number of rotatable bonds is 4. The first-order chi connectivity index (χ1) is 16.9. The van der Waals surface area contributed by atoms with Gasteiger partial charge in [-0.3, -0.25) is 9.89 Å². The van der Waals surface area contributed by atoms with Gasteiger partial charge < -0.3 is 15.0 Å². The number of H-pyrrole nitrogens is 1. The van der Waals surface area contributed by atoms with Gasteiger partial charge in [-0.15, -0.1) is 0 Å². The number of pyridine rings is 2. The fourth-order valence-electron chi connectivity index (χ4n) is 4.48. The SMILES string of the molecule is Cc1cc(C#N)cnc1C(=O)Nc1ccc2[nH]nc(-c3ccnc(N4C[C@H](C)O[C@@H](C)C4)c3)c2c1. The first-order valence-electron chi connectivity index (χ1n) is 11.4. The number of aromatic amines is 1. The topological polar surface area (TPSA) is 120 Å². The number of aromatic nitrogens is 4. The molecule has 2 atom stereocenters. The average molecular weight is 468 g/mol.